The molecule has 1 rings (SSSR count). The fourth-order valence-corrected chi connectivity index (χ4v) is 1.20. The van der Waals surface area contributed by atoms with Crippen LogP contribution in [-0.2, 0) is 0 Å². The standard InChI is InChI=1S/C12H14N2O2/c1-4-12(3,5-2)14-10-6-7-13-8-9(10)11(15)16/h1,6-8H,5H2,2-3H3,(H,13,14)(H,15,16). The second-order valence-electron chi connectivity index (χ2n) is 3.68. The first-order valence-corrected chi connectivity index (χ1v) is 4.95. The summed E-state index contributed by atoms with van der Waals surface area (Å²) in [5.74, 6) is 1.60. The number of aromatic nitrogens is 1. The van der Waals surface area contributed by atoms with Gasteiger partial charge in [0, 0.05) is 12.4 Å². The Hall–Kier alpha value is -2.02. The van der Waals surface area contributed by atoms with E-state index in [1.54, 1.807) is 6.07 Å². The Kier molecular flexibility index (Phi) is 3.51. The number of anilines is 1. The van der Waals surface area contributed by atoms with Gasteiger partial charge in [-0.25, -0.2) is 4.79 Å². The van der Waals surface area contributed by atoms with E-state index in [4.69, 9.17) is 11.5 Å². The Morgan fingerprint density at radius 1 is 1.75 bits per heavy atom. The minimum Gasteiger partial charge on any atom is -0.478 e. The zero-order valence-corrected chi connectivity index (χ0v) is 9.32. The molecule has 0 saturated heterocycles. The monoisotopic (exact) mass is 218 g/mol. The molecule has 0 bridgehead atoms. The van der Waals surface area contributed by atoms with Gasteiger partial charge in [0.15, 0.2) is 0 Å². The highest BCUT2D eigenvalue weighted by Gasteiger charge is 2.21. The van der Waals surface area contributed by atoms with Crippen LogP contribution < -0.4 is 5.32 Å². The van der Waals surface area contributed by atoms with Crippen molar-refractivity contribution in [2.45, 2.75) is 25.8 Å². The molecule has 0 aliphatic rings. The predicted octanol–water partition coefficient (Wildman–Crippen LogP) is 1.99. The smallest absolute Gasteiger partial charge is 0.339 e. The van der Waals surface area contributed by atoms with Crippen LogP contribution in [0.5, 0.6) is 0 Å². The summed E-state index contributed by atoms with van der Waals surface area (Å²) in [5.41, 5.74) is 0.0631. The molecule has 0 saturated carbocycles. The van der Waals surface area contributed by atoms with E-state index in [2.05, 4.69) is 16.2 Å². The second-order valence-corrected chi connectivity index (χ2v) is 3.68. The van der Waals surface area contributed by atoms with Crippen LogP contribution in [0.3, 0.4) is 0 Å². The molecule has 1 unspecified atom stereocenters. The zero-order chi connectivity index (χ0) is 12.2. The molecule has 0 aliphatic carbocycles. The lowest BCUT2D eigenvalue weighted by Crippen LogP contribution is -2.32. The topological polar surface area (TPSA) is 62.2 Å². The number of carboxylic acids is 1. The third-order valence-corrected chi connectivity index (χ3v) is 2.49. The van der Waals surface area contributed by atoms with Gasteiger partial charge in [-0.05, 0) is 19.4 Å². The van der Waals surface area contributed by atoms with Crippen LogP contribution in [0, 0.1) is 12.3 Å². The lowest BCUT2D eigenvalue weighted by atomic mass is 9.99. The van der Waals surface area contributed by atoms with Crippen molar-refractivity contribution >= 4 is 11.7 Å². The number of carboxylic acid groups (broad SMARTS) is 1. The van der Waals surface area contributed by atoms with Crippen molar-refractivity contribution in [2.75, 3.05) is 5.32 Å². The van der Waals surface area contributed by atoms with Crippen LogP contribution in [0.4, 0.5) is 5.69 Å². The summed E-state index contributed by atoms with van der Waals surface area (Å²) >= 11 is 0. The molecule has 0 aliphatic heterocycles. The van der Waals surface area contributed by atoms with Gasteiger partial charge in [0.1, 0.15) is 5.56 Å². The van der Waals surface area contributed by atoms with E-state index < -0.39 is 11.5 Å². The molecule has 0 spiro atoms. The summed E-state index contributed by atoms with van der Waals surface area (Å²) in [6, 6.07) is 1.61. The van der Waals surface area contributed by atoms with E-state index in [1.165, 1.54) is 12.4 Å². The lowest BCUT2D eigenvalue weighted by molar-refractivity contribution is 0.0697. The molecule has 1 atom stereocenters. The molecule has 0 amide bonds. The van der Waals surface area contributed by atoms with Gasteiger partial charge >= 0.3 is 5.97 Å². The number of rotatable bonds is 4. The molecule has 4 heteroatoms. The molecule has 2 N–H and O–H groups in total. The summed E-state index contributed by atoms with van der Waals surface area (Å²) < 4.78 is 0. The van der Waals surface area contributed by atoms with Crippen molar-refractivity contribution in [1.29, 1.82) is 0 Å². The average Bonchev–Trinajstić information content (AvgIpc) is 2.29. The maximum atomic E-state index is 11.0. The maximum Gasteiger partial charge on any atom is 0.339 e. The van der Waals surface area contributed by atoms with Crippen LogP contribution >= 0.6 is 0 Å². The molecular formula is C12H14N2O2. The summed E-state index contributed by atoms with van der Waals surface area (Å²) in [7, 11) is 0. The van der Waals surface area contributed by atoms with Crippen LogP contribution in [0.25, 0.3) is 0 Å². The van der Waals surface area contributed by atoms with Crippen molar-refractivity contribution in [1.82, 2.24) is 4.98 Å². The third kappa shape index (κ3) is 2.51. The van der Waals surface area contributed by atoms with Crippen LogP contribution in [0.15, 0.2) is 18.5 Å². The fraction of sp³-hybridized carbons (Fsp3) is 0.333. The SMILES string of the molecule is C#CC(C)(CC)Nc1ccncc1C(=O)O. The molecule has 4 nitrogen and oxygen atoms in total. The molecule has 0 radical (unpaired) electrons. The van der Waals surface area contributed by atoms with E-state index in [9.17, 15) is 4.79 Å². The number of pyridine rings is 1. The van der Waals surface area contributed by atoms with E-state index in [-0.39, 0.29) is 5.56 Å². The normalized spacial score (nSPS) is 13.6. The summed E-state index contributed by atoms with van der Waals surface area (Å²) in [6.45, 7) is 3.79. The molecule has 1 heterocycles. The average molecular weight is 218 g/mol. The number of nitrogens with one attached hydrogen (secondary N) is 1. The molecule has 0 fully saturated rings. The van der Waals surface area contributed by atoms with Crippen molar-refractivity contribution in [3.63, 3.8) is 0 Å². The fourth-order valence-electron chi connectivity index (χ4n) is 1.20. The minimum atomic E-state index is -1.02. The number of hydrogen-bond acceptors (Lipinski definition) is 3. The van der Waals surface area contributed by atoms with E-state index >= 15 is 0 Å². The number of terminal acetylenes is 1. The Balaban J connectivity index is 3.07. The van der Waals surface area contributed by atoms with E-state index in [0.717, 1.165) is 0 Å². The highest BCUT2D eigenvalue weighted by atomic mass is 16.4. The molecule has 16 heavy (non-hydrogen) atoms. The first kappa shape index (κ1) is 12.1. The van der Waals surface area contributed by atoms with Crippen LogP contribution in [-0.4, -0.2) is 21.6 Å². The second kappa shape index (κ2) is 4.67. The van der Waals surface area contributed by atoms with Gasteiger partial charge in [-0.2, -0.15) is 0 Å². The largest absolute Gasteiger partial charge is 0.478 e. The van der Waals surface area contributed by atoms with Gasteiger partial charge in [-0.3, -0.25) is 4.98 Å². The quantitative estimate of drug-likeness (QED) is 0.759. The summed E-state index contributed by atoms with van der Waals surface area (Å²) in [5, 5.41) is 12.0. The van der Waals surface area contributed by atoms with Gasteiger partial charge in [-0.15, -0.1) is 6.42 Å². The van der Waals surface area contributed by atoms with Gasteiger partial charge in [0.25, 0.3) is 0 Å². The van der Waals surface area contributed by atoms with Crippen LogP contribution in [0.1, 0.15) is 30.6 Å². The van der Waals surface area contributed by atoms with Crippen molar-refractivity contribution in [3.8, 4) is 12.3 Å². The zero-order valence-electron chi connectivity index (χ0n) is 9.32. The van der Waals surface area contributed by atoms with E-state index in [1.807, 2.05) is 13.8 Å². The van der Waals surface area contributed by atoms with Crippen molar-refractivity contribution < 1.29 is 9.90 Å². The number of nitrogens with zero attached hydrogens (tertiary/aromatic N) is 1. The Labute approximate surface area is 94.7 Å². The Bertz CT molecular complexity index is 437. The Morgan fingerprint density at radius 2 is 2.44 bits per heavy atom. The van der Waals surface area contributed by atoms with Gasteiger partial charge in [0.2, 0.25) is 0 Å². The van der Waals surface area contributed by atoms with Gasteiger partial charge in [0.05, 0.1) is 11.2 Å². The third-order valence-electron chi connectivity index (χ3n) is 2.49. The number of carbonyl (C=O) groups is 1. The maximum absolute atomic E-state index is 11.0. The minimum absolute atomic E-state index is 0.123. The van der Waals surface area contributed by atoms with Crippen LogP contribution in [0.2, 0.25) is 0 Å². The summed E-state index contributed by atoms with van der Waals surface area (Å²) in [4.78, 5) is 14.7. The van der Waals surface area contributed by atoms with Crippen molar-refractivity contribution in [2.24, 2.45) is 0 Å². The molecule has 84 valence electrons. The molecule has 1 aromatic heterocycles. The number of aromatic carboxylic acids is 1. The predicted molar refractivity (Wildman–Crippen MR) is 62.3 cm³/mol. The highest BCUT2D eigenvalue weighted by Crippen LogP contribution is 2.20. The number of hydrogen-bond donors (Lipinski definition) is 2. The summed E-state index contributed by atoms with van der Waals surface area (Å²) in [6.07, 6.45) is 8.95. The van der Waals surface area contributed by atoms with Gasteiger partial charge < -0.3 is 10.4 Å². The first-order valence-electron chi connectivity index (χ1n) is 4.95. The molecule has 0 aromatic carbocycles. The molecule has 1 aromatic rings. The lowest BCUT2D eigenvalue weighted by Gasteiger charge is -2.25. The van der Waals surface area contributed by atoms with Crippen molar-refractivity contribution in [3.05, 3.63) is 24.0 Å². The van der Waals surface area contributed by atoms with E-state index in [0.29, 0.717) is 12.1 Å². The molecular weight excluding hydrogens is 204 g/mol. The first-order chi connectivity index (χ1) is 7.52. The van der Waals surface area contributed by atoms with Gasteiger partial charge in [-0.1, -0.05) is 12.8 Å². The Morgan fingerprint density at radius 3 is 2.94 bits per heavy atom. The highest BCUT2D eigenvalue weighted by molar-refractivity contribution is 5.93.